The molecule has 0 spiro atoms. The lowest BCUT2D eigenvalue weighted by Gasteiger charge is -2.23. The van der Waals surface area contributed by atoms with Crippen LogP contribution in [-0.2, 0) is 9.47 Å². The number of rotatable bonds is 40. The predicted octanol–water partition coefficient (Wildman–Crippen LogP) is 13.3. The number of allylic oxidation sites excluding steroid dienone is 8. The second-order valence-electron chi connectivity index (χ2n) is 15.0. The Kier molecular flexibility index (Phi) is 41.2. The molecule has 0 aliphatic carbocycles. The molecule has 0 aromatic heterocycles. The van der Waals surface area contributed by atoms with Gasteiger partial charge in [0.15, 0.2) is 0 Å². The summed E-state index contributed by atoms with van der Waals surface area (Å²) in [7, 11) is 6.56. The summed E-state index contributed by atoms with van der Waals surface area (Å²) in [5, 5.41) is 0. The van der Waals surface area contributed by atoms with Gasteiger partial charge in [0.2, 0.25) is 0 Å². The van der Waals surface area contributed by atoms with Crippen LogP contribution in [0.15, 0.2) is 48.6 Å². The maximum atomic E-state index is 6.40. The van der Waals surface area contributed by atoms with E-state index in [9.17, 15) is 0 Å². The van der Waals surface area contributed by atoms with E-state index in [0.717, 1.165) is 58.7 Å². The highest BCUT2D eigenvalue weighted by Gasteiger charge is 2.11. The van der Waals surface area contributed by atoms with Gasteiger partial charge in [0, 0.05) is 19.8 Å². The molecule has 1 unspecified atom stereocenters. The van der Waals surface area contributed by atoms with Crippen molar-refractivity contribution in [3.05, 3.63) is 48.6 Å². The highest BCUT2D eigenvalue weighted by atomic mass is 16.5. The van der Waals surface area contributed by atoms with E-state index in [-0.39, 0.29) is 6.10 Å². The van der Waals surface area contributed by atoms with E-state index in [1.54, 1.807) is 0 Å². The van der Waals surface area contributed by atoms with E-state index >= 15 is 0 Å². The fourth-order valence-corrected chi connectivity index (χ4v) is 6.10. The van der Waals surface area contributed by atoms with E-state index in [1.807, 2.05) is 0 Å². The average molecular weight is 701 g/mol. The molecule has 0 N–H and O–H groups in total. The minimum atomic E-state index is 0.217. The van der Waals surface area contributed by atoms with E-state index in [4.69, 9.17) is 9.47 Å². The minimum absolute atomic E-state index is 0.217. The van der Waals surface area contributed by atoms with Crippen LogP contribution >= 0.6 is 0 Å². The van der Waals surface area contributed by atoms with Crippen molar-refractivity contribution in [3.8, 4) is 0 Å². The minimum Gasteiger partial charge on any atom is -0.379 e. The van der Waals surface area contributed by atoms with E-state index in [1.165, 1.54) is 148 Å². The fourth-order valence-electron chi connectivity index (χ4n) is 6.10. The Hall–Kier alpha value is -1.20. The summed E-state index contributed by atoms with van der Waals surface area (Å²) in [5.41, 5.74) is 0. The summed E-state index contributed by atoms with van der Waals surface area (Å²) in [6.45, 7) is 10.4. The topological polar surface area (TPSA) is 24.9 Å². The fraction of sp³-hybridized carbons (Fsp3) is 0.826. The Morgan fingerprint density at radius 1 is 0.440 bits per heavy atom. The zero-order valence-electron chi connectivity index (χ0n) is 34.5. The first kappa shape index (κ1) is 48.8. The van der Waals surface area contributed by atoms with Crippen molar-refractivity contribution in [3.63, 3.8) is 0 Å². The lowest BCUT2D eigenvalue weighted by Crippen LogP contribution is -2.30. The van der Waals surface area contributed by atoms with Gasteiger partial charge in [0.1, 0.15) is 0 Å². The van der Waals surface area contributed by atoms with Crippen LogP contribution in [0.3, 0.4) is 0 Å². The molecule has 0 heterocycles. The molecule has 294 valence electrons. The second-order valence-corrected chi connectivity index (χ2v) is 15.0. The molecule has 4 nitrogen and oxygen atoms in total. The molecular formula is C46H88N2O2. The highest BCUT2D eigenvalue weighted by molar-refractivity contribution is 4.93. The number of unbranched alkanes of at least 4 members (excludes halogenated alkanes) is 18. The third-order valence-corrected chi connectivity index (χ3v) is 9.47. The summed E-state index contributed by atoms with van der Waals surface area (Å²) >= 11 is 0. The molecule has 0 aliphatic rings. The van der Waals surface area contributed by atoms with Crippen molar-refractivity contribution < 1.29 is 9.47 Å². The largest absolute Gasteiger partial charge is 0.379 e. The van der Waals surface area contributed by atoms with Gasteiger partial charge in [-0.1, -0.05) is 140 Å². The van der Waals surface area contributed by atoms with Gasteiger partial charge in [0.05, 0.1) is 12.7 Å². The van der Waals surface area contributed by atoms with Gasteiger partial charge >= 0.3 is 0 Å². The van der Waals surface area contributed by atoms with Gasteiger partial charge < -0.3 is 19.3 Å². The zero-order valence-corrected chi connectivity index (χ0v) is 34.5. The summed E-state index contributed by atoms with van der Waals surface area (Å²) in [6.07, 6.45) is 52.1. The average Bonchev–Trinajstić information content (AvgIpc) is 3.10. The van der Waals surface area contributed by atoms with Gasteiger partial charge in [-0.2, -0.15) is 0 Å². The van der Waals surface area contributed by atoms with Crippen LogP contribution < -0.4 is 0 Å². The van der Waals surface area contributed by atoms with Crippen molar-refractivity contribution in [2.45, 2.75) is 187 Å². The summed E-state index contributed by atoms with van der Waals surface area (Å²) < 4.78 is 12.6. The Morgan fingerprint density at radius 2 is 0.880 bits per heavy atom. The maximum absolute atomic E-state index is 6.40. The molecule has 0 saturated heterocycles. The Balaban J connectivity index is 3.99. The molecule has 0 amide bonds. The van der Waals surface area contributed by atoms with Gasteiger partial charge in [-0.15, -0.1) is 0 Å². The molecule has 0 radical (unpaired) electrons. The lowest BCUT2D eigenvalue weighted by atomic mass is 10.1. The Morgan fingerprint density at radius 3 is 1.36 bits per heavy atom. The van der Waals surface area contributed by atoms with E-state index < -0.39 is 0 Å². The third kappa shape index (κ3) is 41.2. The molecule has 0 rings (SSSR count). The van der Waals surface area contributed by atoms with Crippen molar-refractivity contribution in [1.82, 2.24) is 9.80 Å². The molecule has 0 aromatic carbocycles. The molecule has 0 bridgehead atoms. The SMILES string of the molecule is CCCCC/C=C/C/C=C/CCCCCCCCOCC(CCN(C)CCCN(C)C)OCCCCCCCC/C=C/C/C=C/CCCCC. The summed E-state index contributed by atoms with van der Waals surface area (Å²) in [4.78, 5) is 4.73. The van der Waals surface area contributed by atoms with Crippen LogP contribution in [0.25, 0.3) is 0 Å². The molecule has 0 aliphatic heterocycles. The van der Waals surface area contributed by atoms with Gasteiger partial charge in [0.25, 0.3) is 0 Å². The maximum Gasteiger partial charge on any atom is 0.0820 e. The molecule has 50 heavy (non-hydrogen) atoms. The lowest BCUT2D eigenvalue weighted by molar-refractivity contribution is -0.0255. The molecule has 0 fully saturated rings. The normalized spacial score (nSPS) is 13.2. The van der Waals surface area contributed by atoms with Gasteiger partial charge in [-0.3, -0.25) is 0 Å². The molecule has 0 aromatic rings. The second kappa shape index (κ2) is 42.2. The summed E-state index contributed by atoms with van der Waals surface area (Å²) in [6, 6.07) is 0. The molecule has 0 saturated carbocycles. The van der Waals surface area contributed by atoms with Crippen LogP contribution in [0.2, 0.25) is 0 Å². The van der Waals surface area contributed by atoms with Crippen LogP contribution in [0.5, 0.6) is 0 Å². The number of hydrogen-bond acceptors (Lipinski definition) is 4. The smallest absolute Gasteiger partial charge is 0.0820 e. The standard InChI is InChI=1S/C46H88N2O2/c1-6-8-10-12-14-16-18-20-22-24-26-28-30-32-34-36-43-49-45-46(39-42-48(5)41-38-40-47(3)4)50-44-37-35-33-31-29-27-25-23-21-19-17-15-13-11-9-7-2/h14-17,20-23,46H,6-13,18-19,24-45H2,1-5H3/b16-14+,17-15+,22-20+,23-21+. The van der Waals surface area contributed by atoms with Crippen molar-refractivity contribution in [1.29, 1.82) is 0 Å². The predicted molar refractivity (Wildman–Crippen MR) is 225 cm³/mol. The van der Waals surface area contributed by atoms with E-state index in [2.05, 4.69) is 93.4 Å². The Bertz CT molecular complexity index is 759. The van der Waals surface area contributed by atoms with Crippen molar-refractivity contribution in [2.75, 3.05) is 60.6 Å². The van der Waals surface area contributed by atoms with E-state index in [0.29, 0.717) is 0 Å². The Labute approximate surface area is 314 Å². The number of hydrogen-bond donors (Lipinski definition) is 0. The first-order valence-corrected chi connectivity index (χ1v) is 21.7. The highest BCUT2D eigenvalue weighted by Crippen LogP contribution is 2.12. The van der Waals surface area contributed by atoms with Crippen LogP contribution in [-0.4, -0.2) is 76.5 Å². The number of nitrogens with zero attached hydrogens (tertiary/aromatic N) is 2. The monoisotopic (exact) mass is 701 g/mol. The third-order valence-electron chi connectivity index (χ3n) is 9.47. The number of ether oxygens (including phenoxy) is 2. The molecular weight excluding hydrogens is 613 g/mol. The van der Waals surface area contributed by atoms with Crippen LogP contribution in [0.4, 0.5) is 0 Å². The van der Waals surface area contributed by atoms with Crippen molar-refractivity contribution >= 4 is 0 Å². The molecule has 4 heteroatoms. The first-order valence-electron chi connectivity index (χ1n) is 21.7. The first-order chi connectivity index (χ1) is 24.6. The van der Waals surface area contributed by atoms with Crippen LogP contribution in [0, 0.1) is 0 Å². The van der Waals surface area contributed by atoms with Gasteiger partial charge in [-0.25, -0.2) is 0 Å². The summed E-state index contributed by atoms with van der Waals surface area (Å²) in [5.74, 6) is 0. The van der Waals surface area contributed by atoms with Crippen molar-refractivity contribution in [2.24, 2.45) is 0 Å². The quantitative estimate of drug-likeness (QED) is 0.0469. The molecule has 1 atom stereocenters. The van der Waals surface area contributed by atoms with Gasteiger partial charge in [-0.05, 0) is 124 Å². The van der Waals surface area contributed by atoms with Crippen LogP contribution in [0.1, 0.15) is 181 Å². The zero-order chi connectivity index (χ0) is 36.4.